The molecule has 3 aromatic rings. The number of nitrogens with one attached hydrogen (secondary N) is 2. The molecule has 138 valence electrons. The third-order valence-corrected chi connectivity index (χ3v) is 4.02. The number of carbonyl (C=O) groups is 3. The number of H-pyrrole nitrogens is 1. The Balaban J connectivity index is 1.87. The number of aryl methyl sites for hydroxylation is 1. The second-order valence-electron chi connectivity index (χ2n) is 6.08. The molecular formula is C19H19N5O3. The standard InChI is InChI=1S/C19H19N5O3/c1-12-10-15(24(23-12)16-8-5-9-21-16)19(27)22-14(17(25)18(20)26)11-13-6-3-2-4-7-13/h2-10,14,21H,11H2,1H3,(H2,20,26)(H,22,27). The van der Waals surface area contributed by atoms with Gasteiger partial charge in [-0.25, -0.2) is 4.68 Å². The number of rotatable bonds is 7. The summed E-state index contributed by atoms with van der Waals surface area (Å²) in [6.45, 7) is 1.76. The van der Waals surface area contributed by atoms with Crippen LogP contribution in [0.2, 0.25) is 0 Å². The lowest BCUT2D eigenvalue weighted by molar-refractivity contribution is -0.137. The number of Topliss-reactive ketones (excluding diaryl/α,β-unsaturated/α-hetero) is 1. The van der Waals surface area contributed by atoms with Crippen molar-refractivity contribution in [1.82, 2.24) is 20.1 Å². The first-order chi connectivity index (χ1) is 13.0. The van der Waals surface area contributed by atoms with Crippen LogP contribution >= 0.6 is 0 Å². The van der Waals surface area contributed by atoms with Crippen LogP contribution in [0.1, 0.15) is 21.7 Å². The zero-order chi connectivity index (χ0) is 19.4. The minimum atomic E-state index is -1.09. The van der Waals surface area contributed by atoms with Crippen molar-refractivity contribution >= 4 is 17.6 Å². The Labute approximate surface area is 155 Å². The molecule has 27 heavy (non-hydrogen) atoms. The summed E-state index contributed by atoms with van der Waals surface area (Å²) in [6.07, 6.45) is 1.87. The number of amides is 2. The minimum Gasteiger partial charge on any atom is -0.363 e. The van der Waals surface area contributed by atoms with E-state index in [0.29, 0.717) is 11.5 Å². The zero-order valence-electron chi connectivity index (χ0n) is 14.7. The summed E-state index contributed by atoms with van der Waals surface area (Å²) in [6, 6.07) is 13.2. The number of aromatic amines is 1. The van der Waals surface area contributed by atoms with E-state index in [0.717, 1.165) is 5.56 Å². The number of primary amides is 1. The monoisotopic (exact) mass is 365 g/mol. The highest BCUT2D eigenvalue weighted by molar-refractivity contribution is 6.38. The third kappa shape index (κ3) is 4.12. The molecule has 0 aliphatic rings. The fourth-order valence-electron chi connectivity index (χ4n) is 2.76. The van der Waals surface area contributed by atoms with E-state index in [2.05, 4.69) is 15.4 Å². The van der Waals surface area contributed by atoms with Gasteiger partial charge in [0.05, 0.1) is 5.69 Å². The molecule has 3 rings (SSSR count). The van der Waals surface area contributed by atoms with Crippen LogP contribution in [-0.2, 0) is 16.0 Å². The molecule has 0 aliphatic heterocycles. The summed E-state index contributed by atoms with van der Waals surface area (Å²) in [5, 5.41) is 6.91. The fraction of sp³-hybridized carbons (Fsp3) is 0.158. The SMILES string of the molecule is Cc1cc(C(=O)NC(Cc2ccccc2)C(=O)C(N)=O)n(-c2ccc[nH]2)n1. The summed E-state index contributed by atoms with van der Waals surface area (Å²) in [5.74, 6) is -1.87. The number of nitrogens with zero attached hydrogens (tertiary/aromatic N) is 2. The van der Waals surface area contributed by atoms with Gasteiger partial charge in [0, 0.05) is 12.6 Å². The maximum Gasteiger partial charge on any atom is 0.287 e. The lowest BCUT2D eigenvalue weighted by atomic mass is 10.0. The zero-order valence-corrected chi connectivity index (χ0v) is 14.7. The molecule has 2 aromatic heterocycles. The van der Waals surface area contributed by atoms with Crippen LogP contribution in [0, 0.1) is 6.92 Å². The van der Waals surface area contributed by atoms with Gasteiger partial charge in [-0.05, 0) is 30.7 Å². The smallest absolute Gasteiger partial charge is 0.287 e. The summed E-state index contributed by atoms with van der Waals surface area (Å²) >= 11 is 0. The van der Waals surface area contributed by atoms with Crippen molar-refractivity contribution in [3.63, 3.8) is 0 Å². The largest absolute Gasteiger partial charge is 0.363 e. The highest BCUT2D eigenvalue weighted by atomic mass is 16.2. The lowest BCUT2D eigenvalue weighted by Gasteiger charge is -2.16. The highest BCUT2D eigenvalue weighted by Crippen LogP contribution is 2.12. The van der Waals surface area contributed by atoms with Crippen LogP contribution < -0.4 is 11.1 Å². The Morgan fingerprint density at radius 1 is 1.19 bits per heavy atom. The van der Waals surface area contributed by atoms with E-state index in [1.165, 1.54) is 4.68 Å². The lowest BCUT2D eigenvalue weighted by Crippen LogP contribution is -2.47. The minimum absolute atomic E-state index is 0.157. The molecule has 1 atom stereocenters. The molecule has 0 aliphatic carbocycles. The van der Waals surface area contributed by atoms with Crippen LogP contribution in [0.15, 0.2) is 54.7 Å². The van der Waals surface area contributed by atoms with E-state index in [1.54, 1.807) is 43.5 Å². The average molecular weight is 365 g/mol. The van der Waals surface area contributed by atoms with Crippen LogP contribution in [0.3, 0.4) is 0 Å². The van der Waals surface area contributed by atoms with Gasteiger partial charge in [-0.3, -0.25) is 14.4 Å². The number of hydrogen-bond acceptors (Lipinski definition) is 4. The summed E-state index contributed by atoms with van der Waals surface area (Å²) in [5.41, 5.74) is 6.83. The number of hydrogen-bond donors (Lipinski definition) is 3. The molecule has 0 radical (unpaired) electrons. The Morgan fingerprint density at radius 2 is 1.93 bits per heavy atom. The third-order valence-electron chi connectivity index (χ3n) is 4.02. The molecule has 0 fully saturated rings. The first-order valence-electron chi connectivity index (χ1n) is 8.34. The summed E-state index contributed by atoms with van der Waals surface area (Å²) < 4.78 is 1.44. The van der Waals surface area contributed by atoms with Gasteiger partial charge >= 0.3 is 0 Å². The number of aromatic nitrogens is 3. The van der Waals surface area contributed by atoms with Crippen molar-refractivity contribution in [1.29, 1.82) is 0 Å². The molecule has 8 heteroatoms. The second-order valence-corrected chi connectivity index (χ2v) is 6.08. The topological polar surface area (TPSA) is 123 Å². The van der Waals surface area contributed by atoms with Crippen LogP contribution in [0.5, 0.6) is 0 Å². The van der Waals surface area contributed by atoms with Crippen molar-refractivity contribution in [2.24, 2.45) is 5.73 Å². The van der Waals surface area contributed by atoms with Crippen molar-refractivity contribution in [3.05, 3.63) is 71.7 Å². The van der Waals surface area contributed by atoms with Gasteiger partial charge in [0.2, 0.25) is 5.78 Å². The van der Waals surface area contributed by atoms with E-state index in [1.807, 2.05) is 18.2 Å². The predicted octanol–water partition coefficient (Wildman–Crippen LogP) is 0.904. The number of nitrogens with two attached hydrogens (primary N) is 1. The molecule has 2 heterocycles. The predicted molar refractivity (Wildman–Crippen MR) is 98.3 cm³/mol. The molecule has 1 unspecified atom stereocenters. The molecule has 2 amide bonds. The van der Waals surface area contributed by atoms with Crippen molar-refractivity contribution in [2.75, 3.05) is 0 Å². The normalized spacial score (nSPS) is 11.7. The van der Waals surface area contributed by atoms with Crippen molar-refractivity contribution in [3.8, 4) is 5.82 Å². The Kier molecular flexibility index (Phi) is 5.16. The van der Waals surface area contributed by atoms with Crippen LogP contribution in [-0.4, -0.2) is 38.4 Å². The van der Waals surface area contributed by atoms with E-state index in [9.17, 15) is 14.4 Å². The van der Waals surface area contributed by atoms with E-state index in [-0.39, 0.29) is 12.1 Å². The molecule has 0 bridgehead atoms. The summed E-state index contributed by atoms with van der Waals surface area (Å²) in [4.78, 5) is 39.4. The molecule has 8 nitrogen and oxygen atoms in total. The van der Waals surface area contributed by atoms with Crippen LogP contribution in [0.4, 0.5) is 0 Å². The first-order valence-corrected chi connectivity index (χ1v) is 8.34. The first kappa shape index (κ1) is 18.1. The number of ketones is 1. The van der Waals surface area contributed by atoms with Gasteiger partial charge in [-0.2, -0.15) is 5.10 Å². The van der Waals surface area contributed by atoms with Crippen LogP contribution in [0.25, 0.3) is 5.82 Å². The van der Waals surface area contributed by atoms with Gasteiger partial charge in [-0.1, -0.05) is 30.3 Å². The summed E-state index contributed by atoms with van der Waals surface area (Å²) in [7, 11) is 0. The second kappa shape index (κ2) is 7.69. The van der Waals surface area contributed by atoms with Gasteiger partial charge in [-0.15, -0.1) is 0 Å². The maximum absolute atomic E-state index is 12.8. The van der Waals surface area contributed by atoms with Crippen molar-refractivity contribution in [2.45, 2.75) is 19.4 Å². The van der Waals surface area contributed by atoms with Gasteiger partial charge < -0.3 is 16.0 Å². The Morgan fingerprint density at radius 3 is 2.56 bits per heavy atom. The van der Waals surface area contributed by atoms with Gasteiger partial charge in [0.1, 0.15) is 17.6 Å². The number of benzene rings is 1. The molecule has 4 N–H and O–H groups in total. The van der Waals surface area contributed by atoms with Crippen molar-refractivity contribution < 1.29 is 14.4 Å². The quantitative estimate of drug-likeness (QED) is 0.538. The van der Waals surface area contributed by atoms with E-state index < -0.39 is 23.6 Å². The average Bonchev–Trinajstić information content (AvgIpc) is 3.30. The molecule has 0 spiro atoms. The molecule has 1 aromatic carbocycles. The fourth-order valence-corrected chi connectivity index (χ4v) is 2.76. The Hall–Kier alpha value is -3.68. The molecule has 0 saturated heterocycles. The maximum atomic E-state index is 12.8. The van der Waals surface area contributed by atoms with Gasteiger partial charge in [0.25, 0.3) is 11.8 Å². The number of carbonyl (C=O) groups excluding carboxylic acids is 3. The molecular weight excluding hydrogens is 346 g/mol. The van der Waals surface area contributed by atoms with Gasteiger partial charge in [0.15, 0.2) is 0 Å². The Bertz CT molecular complexity index is 961. The van der Waals surface area contributed by atoms with E-state index >= 15 is 0 Å². The van der Waals surface area contributed by atoms with E-state index in [4.69, 9.17) is 5.73 Å². The highest BCUT2D eigenvalue weighted by Gasteiger charge is 2.27. The molecule has 0 saturated carbocycles.